The van der Waals surface area contributed by atoms with E-state index in [1.165, 1.54) is 38.2 Å². The Labute approximate surface area is 266 Å². The van der Waals surface area contributed by atoms with Gasteiger partial charge >= 0.3 is 11.9 Å². The second-order valence-electron chi connectivity index (χ2n) is 11.6. The summed E-state index contributed by atoms with van der Waals surface area (Å²) in [6.07, 6.45) is 25.3. The molecule has 0 bridgehead atoms. The number of carbonyl (C=O) groups is 2. The molecule has 0 aromatic carbocycles. The average molecular weight is 621 g/mol. The molecule has 4 N–H and O–H groups in total. The van der Waals surface area contributed by atoms with Crippen molar-refractivity contribution in [3.05, 3.63) is 60.8 Å². The number of carbonyl (C=O) groups excluding carboxylic acids is 2. The summed E-state index contributed by atoms with van der Waals surface area (Å²) in [5.74, 6) is -0.174. The lowest BCUT2D eigenvalue weighted by molar-refractivity contribution is -0.161. The van der Waals surface area contributed by atoms with Gasteiger partial charge in [-0.25, -0.2) is 0 Å². The number of hydrogen-bond donors (Lipinski definition) is 4. The Morgan fingerprint density at radius 1 is 0.705 bits per heavy atom. The predicted molar refractivity (Wildman–Crippen MR) is 177 cm³/mol. The highest BCUT2D eigenvalue weighted by atomic mass is 16.6. The van der Waals surface area contributed by atoms with Crippen LogP contribution < -0.4 is 0 Å². The number of aliphatic hydroxyl groups excluding tert-OH is 4. The Hall–Kier alpha value is -2.52. The van der Waals surface area contributed by atoms with Crippen molar-refractivity contribution in [1.82, 2.24) is 0 Å². The lowest BCUT2D eigenvalue weighted by Crippen LogP contribution is -2.28. The Kier molecular flexibility index (Phi) is 27.5. The fourth-order valence-corrected chi connectivity index (χ4v) is 4.20. The summed E-state index contributed by atoms with van der Waals surface area (Å²) in [4.78, 5) is 24.1. The van der Waals surface area contributed by atoms with E-state index >= 15 is 0 Å². The molecule has 0 unspecified atom stereocenters. The third-order valence-electron chi connectivity index (χ3n) is 6.85. The summed E-state index contributed by atoms with van der Waals surface area (Å²) in [6, 6.07) is 0. The topological polar surface area (TPSA) is 134 Å². The van der Waals surface area contributed by atoms with Crippen molar-refractivity contribution in [2.24, 2.45) is 5.92 Å². The zero-order valence-electron chi connectivity index (χ0n) is 27.4. The van der Waals surface area contributed by atoms with Gasteiger partial charge in [-0.1, -0.05) is 126 Å². The van der Waals surface area contributed by atoms with Crippen LogP contribution in [0.1, 0.15) is 111 Å². The minimum Gasteiger partial charge on any atom is -0.462 e. The van der Waals surface area contributed by atoms with Crippen molar-refractivity contribution < 1.29 is 39.5 Å². The SMILES string of the molecule is CC/C=C\C[C@@H](O)/C=C/C=C/C=C\C=C/[C@H](O)[C@@H](O)CCCC(=O)OC[C@H](CO)OC(=O)CCCCCCCCCC(C)C. The van der Waals surface area contributed by atoms with Crippen LogP contribution in [0.4, 0.5) is 0 Å². The van der Waals surface area contributed by atoms with Gasteiger partial charge in [0.2, 0.25) is 0 Å². The number of esters is 2. The summed E-state index contributed by atoms with van der Waals surface area (Å²) in [7, 11) is 0. The smallest absolute Gasteiger partial charge is 0.306 e. The van der Waals surface area contributed by atoms with Crippen LogP contribution in [0.25, 0.3) is 0 Å². The fourth-order valence-electron chi connectivity index (χ4n) is 4.20. The molecular weight excluding hydrogens is 560 g/mol. The van der Waals surface area contributed by atoms with Crippen molar-refractivity contribution in [3.63, 3.8) is 0 Å². The van der Waals surface area contributed by atoms with Crippen LogP contribution in [0.2, 0.25) is 0 Å². The third kappa shape index (κ3) is 27.1. The van der Waals surface area contributed by atoms with Crippen LogP contribution in [0.5, 0.6) is 0 Å². The van der Waals surface area contributed by atoms with Gasteiger partial charge in [-0.3, -0.25) is 9.59 Å². The molecule has 0 saturated carbocycles. The average Bonchev–Trinajstić information content (AvgIpc) is 2.99. The molecule has 0 heterocycles. The van der Waals surface area contributed by atoms with E-state index in [2.05, 4.69) is 13.8 Å². The van der Waals surface area contributed by atoms with Gasteiger partial charge in [0, 0.05) is 12.8 Å². The molecule has 4 atom stereocenters. The van der Waals surface area contributed by atoms with E-state index in [1.807, 2.05) is 19.1 Å². The molecule has 0 radical (unpaired) electrons. The zero-order valence-corrected chi connectivity index (χ0v) is 27.4. The predicted octanol–water partition coefficient (Wildman–Crippen LogP) is 6.43. The van der Waals surface area contributed by atoms with Crippen molar-refractivity contribution in [2.75, 3.05) is 13.2 Å². The van der Waals surface area contributed by atoms with Gasteiger partial charge in [0.1, 0.15) is 6.61 Å². The number of ether oxygens (including phenoxy) is 2. The van der Waals surface area contributed by atoms with Crippen molar-refractivity contribution >= 4 is 11.9 Å². The Bertz CT molecular complexity index is 858. The maximum absolute atomic E-state index is 12.1. The van der Waals surface area contributed by atoms with Crippen LogP contribution >= 0.6 is 0 Å². The summed E-state index contributed by atoms with van der Waals surface area (Å²) >= 11 is 0. The third-order valence-corrected chi connectivity index (χ3v) is 6.85. The molecule has 0 aliphatic rings. The summed E-state index contributed by atoms with van der Waals surface area (Å²) in [5, 5.41) is 39.5. The number of rotatable bonds is 27. The normalized spacial score (nSPS) is 15.3. The first-order chi connectivity index (χ1) is 21.2. The van der Waals surface area contributed by atoms with E-state index in [-0.39, 0.29) is 25.9 Å². The fraction of sp³-hybridized carbons (Fsp3) is 0.667. The molecule has 8 heteroatoms. The summed E-state index contributed by atoms with van der Waals surface area (Å²) < 4.78 is 10.4. The Balaban J connectivity index is 4.04. The number of aliphatic hydroxyl groups is 4. The van der Waals surface area contributed by atoms with Gasteiger partial charge in [-0.2, -0.15) is 0 Å². The van der Waals surface area contributed by atoms with Crippen molar-refractivity contribution in [3.8, 4) is 0 Å². The Morgan fingerprint density at radius 3 is 1.93 bits per heavy atom. The molecule has 0 rings (SSSR count). The molecule has 8 nitrogen and oxygen atoms in total. The largest absolute Gasteiger partial charge is 0.462 e. The van der Waals surface area contributed by atoms with Crippen molar-refractivity contribution in [2.45, 2.75) is 135 Å². The lowest BCUT2D eigenvalue weighted by Gasteiger charge is -2.16. The van der Waals surface area contributed by atoms with E-state index in [1.54, 1.807) is 42.5 Å². The molecule has 0 spiro atoms. The van der Waals surface area contributed by atoms with E-state index in [0.717, 1.165) is 31.6 Å². The highest BCUT2D eigenvalue weighted by Crippen LogP contribution is 2.13. The number of unbranched alkanes of at least 4 members (excludes halogenated alkanes) is 6. The van der Waals surface area contributed by atoms with E-state index in [4.69, 9.17) is 9.47 Å². The highest BCUT2D eigenvalue weighted by Gasteiger charge is 2.17. The maximum atomic E-state index is 12.1. The van der Waals surface area contributed by atoms with Crippen LogP contribution in [0.15, 0.2) is 60.8 Å². The second kappa shape index (κ2) is 29.2. The number of allylic oxidation sites excluding steroid dienone is 7. The van der Waals surface area contributed by atoms with Gasteiger partial charge in [0.05, 0.1) is 24.9 Å². The quantitative estimate of drug-likeness (QED) is 0.0357. The molecule has 0 fully saturated rings. The van der Waals surface area contributed by atoms with Crippen LogP contribution in [-0.4, -0.2) is 70.0 Å². The van der Waals surface area contributed by atoms with Gasteiger partial charge < -0.3 is 29.9 Å². The van der Waals surface area contributed by atoms with Crippen molar-refractivity contribution in [1.29, 1.82) is 0 Å². The van der Waals surface area contributed by atoms with Gasteiger partial charge in [0.25, 0.3) is 0 Å². The summed E-state index contributed by atoms with van der Waals surface area (Å²) in [5.41, 5.74) is 0. The van der Waals surface area contributed by atoms with Crippen LogP contribution in [-0.2, 0) is 19.1 Å². The van der Waals surface area contributed by atoms with Gasteiger partial charge in [0.15, 0.2) is 6.10 Å². The molecular formula is C36H60O8. The first kappa shape index (κ1) is 41.5. The second-order valence-corrected chi connectivity index (χ2v) is 11.6. The Morgan fingerprint density at radius 2 is 1.30 bits per heavy atom. The van der Waals surface area contributed by atoms with Crippen LogP contribution in [0, 0.1) is 5.92 Å². The minimum absolute atomic E-state index is 0.0266. The molecule has 44 heavy (non-hydrogen) atoms. The molecule has 0 aromatic heterocycles. The van der Waals surface area contributed by atoms with Gasteiger partial charge in [-0.15, -0.1) is 0 Å². The molecule has 0 aromatic rings. The molecule has 0 aliphatic carbocycles. The monoisotopic (exact) mass is 620 g/mol. The maximum Gasteiger partial charge on any atom is 0.306 e. The van der Waals surface area contributed by atoms with E-state index < -0.39 is 43.0 Å². The molecule has 0 amide bonds. The molecule has 0 saturated heterocycles. The first-order valence-corrected chi connectivity index (χ1v) is 16.5. The summed E-state index contributed by atoms with van der Waals surface area (Å²) in [6.45, 7) is 5.87. The minimum atomic E-state index is -1.08. The van der Waals surface area contributed by atoms with Crippen LogP contribution in [0.3, 0.4) is 0 Å². The number of hydrogen-bond acceptors (Lipinski definition) is 8. The first-order valence-electron chi connectivity index (χ1n) is 16.5. The highest BCUT2D eigenvalue weighted by molar-refractivity contribution is 5.70. The van der Waals surface area contributed by atoms with Gasteiger partial charge in [-0.05, 0) is 38.0 Å². The van der Waals surface area contributed by atoms with E-state index in [9.17, 15) is 30.0 Å². The zero-order chi connectivity index (χ0) is 32.8. The standard InChI is InChI=1S/C36H60O8/c1-4-5-15-22-31(38)23-17-12-9-10-13-18-24-33(39)34(40)25-20-27-35(41)43-29-32(28-37)44-36(42)26-19-14-8-6-7-11-16-21-30(2)3/h5,9-10,12-13,15,17-18,23-24,30-34,37-40H,4,6-8,11,14,16,19-22,25-29H2,1-3H3/b12-9+,13-10-,15-5-,23-17+,24-18-/t31-,32+,33+,34+/m1/s1. The molecule has 0 aliphatic heterocycles. The molecule has 252 valence electrons. The lowest BCUT2D eigenvalue weighted by atomic mass is 10.0. The van der Waals surface area contributed by atoms with E-state index in [0.29, 0.717) is 12.8 Å².